The van der Waals surface area contributed by atoms with E-state index in [-0.39, 0.29) is 18.8 Å². The number of para-hydroxylation sites is 2. The summed E-state index contributed by atoms with van der Waals surface area (Å²) >= 11 is 0. The lowest BCUT2D eigenvalue weighted by Gasteiger charge is -2.10. The maximum atomic E-state index is 12.3. The molecule has 0 saturated carbocycles. The average molecular weight is 382 g/mol. The van der Waals surface area contributed by atoms with Crippen molar-refractivity contribution in [2.24, 2.45) is 7.05 Å². The number of benzene rings is 2. The van der Waals surface area contributed by atoms with Crippen LogP contribution in [-0.2, 0) is 23.2 Å². The molecule has 0 aliphatic rings. The first-order valence-corrected chi connectivity index (χ1v) is 8.78. The van der Waals surface area contributed by atoms with Crippen LogP contribution in [-0.4, -0.2) is 27.6 Å². The molecule has 0 saturated heterocycles. The van der Waals surface area contributed by atoms with Crippen molar-refractivity contribution in [2.45, 2.75) is 20.4 Å². The van der Waals surface area contributed by atoms with Gasteiger partial charge in [-0.15, -0.1) is 0 Å². The van der Waals surface area contributed by atoms with Crippen LogP contribution in [0.2, 0.25) is 0 Å². The number of ether oxygens (including phenoxy) is 1. The summed E-state index contributed by atoms with van der Waals surface area (Å²) in [6, 6.07) is 12.8. The second-order valence-corrected chi connectivity index (χ2v) is 6.62. The zero-order valence-corrected chi connectivity index (χ0v) is 16.0. The van der Waals surface area contributed by atoms with Crippen LogP contribution in [0.1, 0.15) is 11.1 Å². The Bertz CT molecular complexity index is 1080. The number of hydrazine groups is 1. The minimum atomic E-state index is -0.516. The summed E-state index contributed by atoms with van der Waals surface area (Å²) in [7, 11) is 1.64. The number of carbonyl (C=O) groups is 2. The molecule has 0 unspecified atom stereocenters. The van der Waals surface area contributed by atoms with Gasteiger partial charge in [0.15, 0.2) is 6.61 Å². The molecule has 0 bridgehead atoms. The van der Waals surface area contributed by atoms with Gasteiger partial charge in [0.2, 0.25) is 0 Å². The van der Waals surface area contributed by atoms with Crippen LogP contribution in [0.5, 0.6) is 5.75 Å². The summed E-state index contributed by atoms with van der Waals surface area (Å²) in [5, 5.41) is 0. The molecule has 0 aliphatic carbocycles. The molecule has 146 valence electrons. The zero-order valence-electron chi connectivity index (χ0n) is 16.0. The Labute approximate surface area is 161 Å². The van der Waals surface area contributed by atoms with Crippen molar-refractivity contribution in [3.63, 3.8) is 0 Å². The topological polar surface area (TPSA) is 94.4 Å². The summed E-state index contributed by atoms with van der Waals surface area (Å²) in [5.41, 5.74) is 7.73. The van der Waals surface area contributed by atoms with Crippen molar-refractivity contribution in [3.8, 4) is 5.75 Å². The van der Waals surface area contributed by atoms with Crippen molar-refractivity contribution in [1.82, 2.24) is 20.0 Å². The fourth-order valence-corrected chi connectivity index (χ4v) is 3.04. The molecule has 1 aromatic heterocycles. The summed E-state index contributed by atoms with van der Waals surface area (Å²) in [5.74, 6) is -0.433. The Kier molecular flexibility index (Phi) is 5.49. The van der Waals surface area contributed by atoms with Crippen molar-refractivity contribution >= 4 is 22.8 Å². The molecular weight excluding hydrogens is 360 g/mol. The number of carbonyl (C=O) groups excluding carboxylic acids is 2. The number of aromatic nitrogens is 2. The Morgan fingerprint density at radius 2 is 1.57 bits per heavy atom. The van der Waals surface area contributed by atoms with Crippen LogP contribution >= 0.6 is 0 Å². The fraction of sp³-hybridized carbons (Fsp3) is 0.250. The molecule has 0 atom stereocenters. The summed E-state index contributed by atoms with van der Waals surface area (Å²) in [4.78, 5) is 36.4. The van der Waals surface area contributed by atoms with Gasteiger partial charge in [-0.1, -0.05) is 18.2 Å². The van der Waals surface area contributed by atoms with E-state index >= 15 is 0 Å². The van der Waals surface area contributed by atoms with E-state index in [0.29, 0.717) is 11.3 Å². The molecule has 0 aliphatic heterocycles. The number of imidazole rings is 1. The molecular formula is C20H22N4O4. The molecule has 1 heterocycles. The Hall–Kier alpha value is -3.55. The monoisotopic (exact) mass is 382 g/mol. The number of hydrogen-bond donors (Lipinski definition) is 2. The van der Waals surface area contributed by atoms with Gasteiger partial charge in [0.25, 0.3) is 11.8 Å². The van der Waals surface area contributed by atoms with Gasteiger partial charge in [-0.05, 0) is 49.2 Å². The predicted octanol–water partition coefficient (Wildman–Crippen LogP) is 1.18. The normalized spacial score (nSPS) is 10.7. The molecule has 2 aromatic carbocycles. The third kappa shape index (κ3) is 4.22. The smallest absolute Gasteiger partial charge is 0.329 e. The molecule has 8 heteroatoms. The standard InChI is InChI=1S/C20H22N4O4/c1-13-8-14(2)10-15(9-13)28-12-19(26)22-21-18(25)11-24-17-7-5-4-6-16(17)23(3)20(24)27/h4-10H,11-12H2,1-3H3,(H,21,25)(H,22,26). The highest BCUT2D eigenvalue weighted by Gasteiger charge is 2.13. The van der Waals surface area contributed by atoms with Crippen molar-refractivity contribution in [2.75, 3.05) is 6.61 Å². The average Bonchev–Trinajstić information content (AvgIpc) is 2.89. The van der Waals surface area contributed by atoms with Gasteiger partial charge >= 0.3 is 5.69 Å². The van der Waals surface area contributed by atoms with Crippen LogP contribution in [0.3, 0.4) is 0 Å². The highest BCUT2D eigenvalue weighted by molar-refractivity contribution is 5.84. The SMILES string of the molecule is Cc1cc(C)cc(OCC(=O)NNC(=O)Cn2c(=O)n(C)c3ccccc32)c1. The predicted molar refractivity (Wildman–Crippen MR) is 105 cm³/mol. The number of rotatable bonds is 5. The first kappa shape index (κ1) is 19.2. The highest BCUT2D eigenvalue weighted by atomic mass is 16.5. The number of amides is 2. The van der Waals surface area contributed by atoms with Gasteiger partial charge in [0.1, 0.15) is 12.3 Å². The lowest BCUT2D eigenvalue weighted by Crippen LogP contribution is -2.45. The van der Waals surface area contributed by atoms with E-state index in [1.54, 1.807) is 25.2 Å². The van der Waals surface area contributed by atoms with Crippen LogP contribution in [0.15, 0.2) is 47.3 Å². The zero-order chi connectivity index (χ0) is 20.3. The molecule has 0 fully saturated rings. The first-order chi connectivity index (χ1) is 13.3. The third-order valence-electron chi connectivity index (χ3n) is 4.26. The van der Waals surface area contributed by atoms with Crippen molar-refractivity contribution in [1.29, 1.82) is 0 Å². The minimum absolute atomic E-state index is 0.210. The lowest BCUT2D eigenvalue weighted by atomic mass is 10.1. The largest absolute Gasteiger partial charge is 0.484 e. The van der Waals surface area contributed by atoms with E-state index in [4.69, 9.17) is 4.74 Å². The third-order valence-corrected chi connectivity index (χ3v) is 4.26. The van der Waals surface area contributed by atoms with Gasteiger partial charge in [0, 0.05) is 7.05 Å². The Morgan fingerprint density at radius 3 is 2.25 bits per heavy atom. The second kappa shape index (κ2) is 7.99. The maximum absolute atomic E-state index is 12.3. The molecule has 28 heavy (non-hydrogen) atoms. The molecule has 8 nitrogen and oxygen atoms in total. The molecule has 2 amide bonds. The van der Waals surface area contributed by atoms with E-state index in [1.165, 1.54) is 9.13 Å². The summed E-state index contributed by atoms with van der Waals surface area (Å²) < 4.78 is 8.26. The molecule has 0 radical (unpaired) electrons. The van der Waals surface area contributed by atoms with Gasteiger partial charge < -0.3 is 4.74 Å². The van der Waals surface area contributed by atoms with Crippen LogP contribution in [0.4, 0.5) is 0 Å². The van der Waals surface area contributed by atoms with E-state index < -0.39 is 11.8 Å². The van der Waals surface area contributed by atoms with Crippen LogP contribution in [0.25, 0.3) is 11.0 Å². The maximum Gasteiger partial charge on any atom is 0.329 e. The van der Waals surface area contributed by atoms with Crippen molar-refractivity contribution < 1.29 is 14.3 Å². The fourth-order valence-electron chi connectivity index (χ4n) is 3.04. The number of hydrogen-bond acceptors (Lipinski definition) is 4. The number of nitrogens with zero attached hydrogens (tertiary/aromatic N) is 2. The van der Waals surface area contributed by atoms with Crippen LogP contribution < -0.4 is 21.3 Å². The number of nitrogens with one attached hydrogen (secondary N) is 2. The minimum Gasteiger partial charge on any atom is -0.484 e. The lowest BCUT2D eigenvalue weighted by molar-refractivity contribution is -0.130. The number of aryl methyl sites for hydroxylation is 3. The Morgan fingerprint density at radius 1 is 0.964 bits per heavy atom. The molecule has 0 spiro atoms. The van der Waals surface area contributed by atoms with Crippen LogP contribution in [0, 0.1) is 13.8 Å². The highest BCUT2D eigenvalue weighted by Crippen LogP contribution is 2.16. The van der Waals surface area contributed by atoms with Gasteiger partial charge in [-0.2, -0.15) is 0 Å². The second-order valence-electron chi connectivity index (χ2n) is 6.62. The summed E-state index contributed by atoms with van der Waals surface area (Å²) in [6.45, 7) is 3.43. The van der Waals surface area contributed by atoms with E-state index in [1.807, 2.05) is 38.1 Å². The number of fused-ring (bicyclic) bond motifs is 1. The Balaban J connectivity index is 1.55. The van der Waals surface area contributed by atoms with E-state index in [0.717, 1.165) is 16.6 Å². The molecule has 2 N–H and O–H groups in total. The van der Waals surface area contributed by atoms with Gasteiger partial charge in [0.05, 0.1) is 11.0 Å². The van der Waals surface area contributed by atoms with Gasteiger partial charge in [-0.3, -0.25) is 29.6 Å². The molecule has 3 aromatic rings. The van der Waals surface area contributed by atoms with Crippen molar-refractivity contribution in [3.05, 3.63) is 64.1 Å². The van der Waals surface area contributed by atoms with E-state index in [2.05, 4.69) is 10.9 Å². The molecule has 3 rings (SSSR count). The van der Waals surface area contributed by atoms with E-state index in [9.17, 15) is 14.4 Å². The summed E-state index contributed by atoms with van der Waals surface area (Å²) in [6.07, 6.45) is 0. The first-order valence-electron chi connectivity index (χ1n) is 8.78. The quantitative estimate of drug-likeness (QED) is 0.648. The van der Waals surface area contributed by atoms with Gasteiger partial charge in [-0.25, -0.2) is 4.79 Å².